The third kappa shape index (κ3) is 3.70. The van der Waals surface area contributed by atoms with Crippen molar-refractivity contribution in [3.05, 3.63) is 28.5 Å². The number of amides is 1. The quantitative estimate of drug-likeness (QED) is 0.872. The summed E-state index contributed by atoms with van der Waals surface area (Å²) >= 11 is 5.81. The number of carbonyl (C=O) groups is 1. The van der Waals surface area contributed by atoms with Gasteiger partial charge in [0.25, 0.3) is 5.91 Å². The molecule has 1 N–H and O–H groups in total. The zero-order valence-corrected chi connectivity index (χ0v) is 13.1. The van der Waals surface area contributed by atoms with Crippen LogP contribution in [0.2, 0.25) is 5.15 Å². The van der Waals surface area contributed by atoms with Gasteiger partial charge in [-0.25, -0.2) is 4.98 Å². The highest BCUT2D eigenvalue weighted by Crippen LogP contribution is 2.22. The Hall–Kier alpha value is -1.13. The van der Waals surface area contributed by atoms with E-state index in [0.29, 0.717) is 22.5 Å². The molecule has 1 aliphatic carbocycles. The molecule has 0 atom stereocenters. The number of hydrogen-bond acceptors (Lipinski definition) is 3. The molecule has 4 nitrogen and oxygen atoms in total. The molecule has 1 aliphatic rings. The number of pyridine rings is 1. The van der Waals surface area contributed by atoms with Gasteiger partial charge in [-0.2, -0.15) is 0 Å². The van der Waals surface area contributed by atoms with Gasteiger partial charge in [-0.15, -0.1) is 0 Å². The molecule has 110 valence electrons. The lowest BCUT2D eigenvalue weighted by molar-refractivity contribution is 0.0915. The molecular formula is C15H22ClN3O. The maximum absolute atomic E-state index is 12.3. The summed E-state index contributed by atoms with van der Waals surface area (Å²) < 4.78 is 0. The first-order valence-electron chi connectivity index (χ1n) is 7.08. The molecule has 0 aromatic carbocycles. The van der Waals surface area contributed by atoms with E-state index in [1.165, 1.54) is 0 Å². The fourth-order valence-electron chi connectivity index (χ4n) is 2.77. The van der Waals surface area contributed by atoms with Gasteiger partial charge in [0, 0.05) is 12.1 Å². The number of aryl methyl sites for hydroxylation is 1. The van der Waals surface area contributed by atoms with Crippen LogP contribution < -0.4 is 5.32 Å². The summed E-state index contributed by atoms with van der Waals surface area (Å²) in [6, 6.07) is 4.31. The van der Waals surface area contributed by atoms with Crippen LogP contribution in [-0.4, -0.2) is 42.0 Å². The Morgan fingerprint density at radius 2 is 1.95 bits per heavy atom. The van der Waals surface area contributed by atoms with Crippen molar-refractivity contribution in [3.8, 4) is 0 Å². The third-order valence-electron chi connectivity index (χ3n) is 4.06. The number of aromatic nitrogens is 1. The van der Waals surface area contributed by atoms with Crippen LogP contribution in [-0.2, 0) is 0 Å². The second-order valence-electron chi connectivity index (χ2n) is 5.71. The minimum atomic E-state index is -0.0417. The first-order valence-corrected chi connectivity index (χ1v) is 7.45. The van der Waals surface area contributed by atoms with Crippen molar-refractivity contribution in [2.45, 2.75) is 44.7 Å². The van der Waals surface area contributed by atoms with E-state index in [1.54, 1.807) is 12.1 Å². The molecule has 1 amide bonds. The molecule has 2 rings (SSSR count). The molecular weight excluding hydrogens is 274 g/mol. The van der Waals surface area contributed by atoms with Crippen LogP contribution in [0.4, 0.5) is 0 Å². The van der Waals surface area contributed by atoms with E-state index in [4.69, 9.17) is 11.6 Å². The standard InChI is InChI=1S/C15H22ClN3O/c1-10-13(8-9-14(16)17-10)15(20)18-11-4-6-12(7-5-11)19(2)3/h8-9,11-12H,4-7H2,1-3H3,(H,18,20). The van der Waals surface area contributed by atoms with E-state index in [0.717, 1.165) is 25.7 Å². The lowest BCUT2D eigenvalue weighted by atomic mass is 9.90. The molecule has 0 aliphatic heterocycles. The molecule has 1 fully saturated rings. The van der Waals surface area contributed by atoms with Crippen LogP contribution in [0.5, 0.6) is 0 Å². The summed E-state index contributed by atoms with van der Waals surface area (Å²) in [4.78, 5) is 18.6. The zero-order chi connectivity index (χ0) is 14.7. The lowest BCUT2D eigenvalue weighted by Gasteiger charge is -2.33. The van der Waals surface area contributed by atoms with Crippen molar-refractivity contribution in [2.24, 2.45) is 0 Å². The van der Waals surface area contributed by atoms with Crippen molar-refractivity contribution in [2.75, 3.05) is 14.1 Å². The first kappa shape index (κ1) is 15.3. The van der Waals surface area contributed by atoms with Crippen molar-refractivity contribution >= 4 is 17.5 Å². The fraction of sp³-hybridized carbons (Fsp3) is 0.600. The van der Waals surface area contributed by atoms with Crippen molar-refractivity contribution in [1.29, 1.82) is 0 Å². The maximum atomic E-state index is 12.3. The topological polar surface area (TPSA) is 45.2 Å². The summed E-state index contributed by atoms with van der Waals surface area (Å²) in [6.45, 7) is 1.81. The van der Waals surface area contributed by atoms with E-state index in [2.05, 4.69) is 29.3 Å². The van der Waals surface area contributed by atoms with E-state index >= 15 is 0 Å². The fourth-order valence-corrected chi connectivity index (χ4v) is 2.96. The monoisotopic (exact) mass is 295 g/mol. The molecule has 1 aromatic rings. The van der Waals surface area contributed by atoms with Gasteiger partial charge in [0.15, 0.2) is 0 Å². The molecule has 0 unspecified atom stereocenters. The number of carbonyl (C=O) groups excluding carboxylic acids is 1. The SMILES string of the molecule is Cc1nc(Cl)ccc1C(=O)NC1CCC(N(C)C)CC1. The number of rotatable bonds is 3. The lowest BCUT2D eigenvalue weighted by Crippen LogP contribution is -2.42. The minimum absolute atomic E-state index is 0.0417. The maximum Gasteiger partial charge on any atom is 0.253 e. The Morgan fingerprint density at radius 1 is 1.30 bits per heavy atom. The van der Waals surface area contributed by atoms with Crippen LogP contribution >= 0.6 is 11.6 Å². The Balaban J connectivity index is 1.92. The largest absolute Gasteiger partial charge is 0.349 e. The molecule has 1 aromatic heterocycles. The molecule has 0 bridgehead atoms. The summed E-state index contributed by atoms with van der Waals surface area (Å²) in [6.07, 6.45) is 4.34. The number of hydrogen-bond donors (Lipinski definition) is 1. The van der Waals surface area contributed by atoms with E-state index < -0.39 is 0 Å². The van der Waals surface area contributed by atoms with Crippen molar-refractivity contribution < 1.29 is 4.79 Å². The van der Waals surface area contributed by atoms with Crippen LogP contribution in [0.3, 0.4) is 0 Å². The highest BCUT2D eigenvalue weighted by molar-refractivity contribution is 6.29. The van der Waals surface area contributed by atoms with Gasteiger partial charge in [0.1, 0.15) is 5.15 Å². The summed E-state index contributed by atoms with van der Waals surface area (Å²) in [7, 11) is 4.23. The average molecular weight is 296 g/mol. The molecule has 1 saturated carbocycles. The summed E-state index contributed by atoms with van der Waals surface area (Å²) in [5.74, 6) is -0.0417. The highest BCUT2D eigenvalue weighted by Gasteiger charge is 2.24. The Bertz CT molecular complexity index is 482. The molecule has 0 spiro atoms. The Kier molecular flexibility index (Phi) is 5.00. The van der Waals surface area contributed by atoms with Gasteiger partial charge in [0.2, 0.25) is 0 Å². The minimum Gasteiger partial charge on any atom is -0.349 e. The van der Waals surface area contributed by atoms with Gasteiger partial charge in [0.05, 0.1) is 11.3 Å². The van der Waals surface area contributed by atoms with Crippen LogP contribution in [0.15, 0.2) is 12.1 Å². The van der Waals surface area contributed by atoms with Crippen molar-refractivity contribution in [3.63, 3.8) is 0 Å². The van der Waals surface area contributed by atoms with Gasteiger partial charge in [-0.3, -0.25) is 4.79 Å². The Morgan fingerprint density at radius 3 is 2.50 bits per heavy atom. The predicted octanol–water partition coefficient (Wildman–Crippen LogP) is 2.65. The molecule has 0 radical (unpaired) electrons. The Labute approximate surface area is 125 Å². The number of halogens is 1. The first-order chi connectivity index (χ1) is 9.47. The van der Waals surface area contributed by atoms with E-state index in [1.807, 2.05) is 6.92 Å². The number of nitrogens with one attached hydrogen (secondary N) is 1. The van der Waals surface area contributed by atoms with Gasteiger partial charge >= 0.3 is 0 Å². The van der Waals surface area contributed by atoms with Crippen molar-refractivity contribution in [1.82, 2.24) is 15.2 Å². The highest BCUT2D eigenvalue weighted by atomic mass is 35.5. The van der Waals surface area contributed by atoms with Crippen LogP contribution in [0.1, 0.15) is 41.7 Å². The van der Waals surface area contributed by atoms with Gasteiger partial charge in [-0.05, 0) is 58.8 Å². The summed E-state index contributed by atoms with van der Waals surface area (Å²) in [5.41, 5.74) is 1.29. The zero-order valence-electron chi connectivity index (χ0n) is 12.3. The second-order valence-corrected chi connectivity index (χ2v) is 6.10. The van der Waals surface area contributed by atoms with E-state index in [-0.39, 0.29) is 11.9 Å². The second kappa shape index (κ2) is 6.55. The number of nitrogens with zero attached hydrogens (tertiary/aromatic N) is 2. The smallest absolute Gasteiger partial charge is 0.253 e. The van der Waals surface area contributed by atoms with Gasteiger partial charge in [-0.1, -0.05) is 11.6 Å². The van der Waals surface area contributed by atoms with Crippen LogP contribution in [0, 0.1) is 6.92 Å². The third-order valence-corrected chi connectivity index (χ3v) is 4.27. The average Bonchev–Trinajstić information content (AvgIpc) is 2.39. The predicted molar refractivity (Wildman–Crippen MR) is 81.2 cm³/mol. The van der Waals surface area contributed by atoms with Gasteiger partial charge < -0.3 is 10.2 Å². The normalized spacial score (nSPS) is 22.9. The van der Waals surface area contributed by atoms with Crippen LogP contribution in [0.25, 0.3) is 0 Å². The van der Waals surface area contributed by atoms with E-state index in [9.17, 15) is 4.79 Å². The molecule has 20 heavy (non-hydrogen) atoms. The molecule has 5 heteroatoms. The molecule has 0 saturated heterocycles. The summed E-state index contributed by atoms with van der Waals surface area (Å²) in [5, 5.41) is 3.54. The molecule has 1 heterocycles.